The first-order chi connectivity index (χ1) is 8.76. The van der Waals surface area contributed by atoms with Gasteiger partial charge in [0.15, 0.2) is 0 Å². The molecule has 0 fully saturated rings. The Balaban J connectivity index is 2.59. The second-order valence-corrected chi connectivity index (χ2v) is 3.82. The number of rotatable bonds is 4. The van der Waals surface area contributed by atoms with Gasteiger partial charge < -0.3 is 4.74 Å². The van der Waals surface area contributed by atoms with E-state index in [1.165, 1.54) is 0 Å². The molecule has 1 N–H and O–H groups in total. The van der Waals surface area contributed by atoms with Crippen LogP contribution in [0, 0.1) is 0 Å². The normalized spacial score (nSPS) is 10.1. The topological polar surface area (TPSA) is 55.0 Å². The molecule has 92 valence electrons. The van der Waals surface area contributed by atoms with Crippen LogP contribution in [0.5, 0.6) is 5.75 Å². The van der Waals surface area contributed by atoms with Gasteiger partial charge in [-0.15, -0.1) is 6.58 Å². The van der Waals surface area contributed by atoms with Crippen LogP contribution in [0.15, 0.2) is 47.9 Å². The quantitative estimate of drug-likeness (QED) is 0.836. The molecule has 2 rings (SSSR count). The molecule has 1 aromatic heterocycles. The lowest BCUT2D eigenvalue weighted by atomic mass is 10.0. The van der Waals surface area contributed by atoms with E-state index in [0.717, 1.165) is 16.9 Å². The number of aromatic nitrogens is 2. The Morgan fingerprint density at radius 3 is 3.06 bits per heavy atom. The van der Waals surface area contributed by atoms with Gasteiger partial charge >= 0.3 is 0 Å². The molecule has 1 heterocycles. The molecule has 0 amide bonds. The number of allylic oxidation sites excluding steroid dienone is 1. The van der Waals surface area contributed by atoms with Crippen molar-refractivity contribution in [3.05, 3.63) is 59.0 Å². The predicted molar refractivity (Wildman–Crippen MR) is 70.7 cm³/mol. The fraction of sp³-hybridized carbons (Fsp3) is 0.143. The molecule has 0 saturated carbocycles. The summed E-state index contributed by atoms with van der Waals surface area (Å²) in [5, 5.41) is 6.29. The van der Waals surface area contributed by atoms with Crippen LogP contribution in [0.4, 0.5) is 0 Å². The first-order valence-electron chi connectivity index (χ1n) is 5.58. The Labute approximate surface area is 105 Å². The van der Waals surface area contributed by atoms with Gasteiger partial charge in [-0.05, 0) is 24.1 Å². The molecule has 1 aromatic carbocycles. The maximum absolute atomic E-state index is 11.8. The van der Waals surface area contributed by atoms with Gasteiger partial charge in [0.25, 0.3) is 5.56 Å². The fourth-order valence-electron chi connectivity index (χ4n) is 1.81. The maximum Gasteiger partial charge on any atom is 0.268 e. The molecule has 4 heteroatoms. The first-order valence-corrected chi connectivity index (χ1v) is 5.58. The van der Waals surface area contributed by atoms with Gasteiger partial charge in [0.2, 0.25) is 0 Å². The van der Waals surface area contributed by atoms with Crippen molar-refractivity contribution in [2.75, 3.05) is 7.11 Å². The standard InChI is InChI=1S/C14H14N2O2/c1-3-5-12-13(9-15-16-14(12)17)10-6-4-7-11(8-10)18-2/h3-4,6-9H,1,5H2,2H3,(H,16,17). The number of nitrogens with zero attached hydrogens (tertiary/aromatic N) is 1. The van der Waals surface area contributed by atoms with E-state index in [4.69, 9.17) is 4.74 Å². The Kier molecular flexibility index (Phi) is 3.57. The van der Waals surface area contributed by atoms with Crippen molar-refractivity contribution < 1.29 is 4.74 Å². The van der Waals surface area contributed by atoms with Crippen molar-refractivity contribution >= 4 is 0 Å². The predicted octanol–water partition coefficient (Wildman–Crippen LogP) is 2.17. The monoisotopic (exact) mass is 242 g/mol. The molecule has 4 nitrogen and oxygen atoms in total. The second kappa shape index (κ2) is 5.31. The van der Waals surface area contributed by atoms with E-state index < -0.39 is 0 Å². The molecule has 0 bridgehead atoms. The van der Waals surface area contributed by atoms with Crippen LogP contribution >= 0.6 is 0 Å². The highest BCUT2D eigenvalue weighted by molar-refractivity contribution is 5.67. The minimum absolute atomic E-state index is 0.185. The molecule has 18 heavy (non-hydrogen) atoms. The van der Waals surface area contributed by atoms with Crippen LogP contribution in [0.2, 0.25) is 0 Å². The smallest absolute Gasteiger partial charge is 0.268 e. The van der Waals surface area contributed by atoms with E-state index in [1.807, 2.05) is 24.3 Å². The molecule has 0 atom stereocenters. The molecule has 0 unspecified atom stereocenters. The number of H-pyrrole nitrogens is 1. The molecule has 0 saturated heterocycles. The highest BCUT2D eigenvalue weighted by Crippen LogP contribution is 2.24. The fourth-order valence-corrected chi connectivity index (χ4v) is 1.81. The van der Waals surface area contributed by atoms with Crippen LogP contribution in [-0.4, -0.2) is 17.3 Å². The summed E-state index contributed by atoms with van der Waals surface area (Å²) in [5.74, 6) is 0.748. The number of methoxy groups -OCH3 is 1. The summed E-state index contributed by atoms with van der Waals surface area (Å²) in [4.78, 5) is 11.8. The van der Waals surface area contributed by atoms with Crippen molar-refractivity contribution in [2.24, 2.45) is 0 Å². The van der Waals surface area contributed by atoms with Gasteiger partial charge in [-0.25, -0.2) is 5.10 Å². The Morgan fingerprint density at radius 1 is 1.50 bits per heavy atom. The molecule has 0 aliphatic carbocycles. The summed E-state index contributed by atoms with van der Waals surface area (Å²) < 4.78 is 5.18. The number of hydrogen-bond acceptors (Lipinski definition) is 3. The Bertz CT molecular complexity index is 617. The Morgan fingerprint density at radius 2 is 2.33 bits per heavy atom. The average Bonchev–Trinajstić information content (AvgIpc) is 2.41. The molecule has 0 aliphatic heterocycles. The average molecular weight is 242 g/mol. The van der Waals surface area contributed by atoms with Crippen molar-refractivity contribution in [3.63, 3.8) is 0 Å². The van der Waals surface area contributed by atoms with Gasteiger partial charge in [0, 0.05) is 11.1 Å². The molecule has 0 spiro atoms. The van der Waals surface area contributed by atoms with Crippen LogP contribution in [0.1, 0.15) is 5.56 Å². The summed E-state index contributed by atoms with van der Waals surface area (Å²) in [6, 6.07) is 7.54. The zero-order valence-electron chi connectivity index (χ0n) is 10.1. The maximum atomic E-state index is 11.8. The number of hydrogen-bond donors (Lipinski definition) is 1. The lowest BCUT2D eigenvalue weighted by Crippen LogP contribution is -2.14. The summed E-state index contributed by atoms with van der Waals surface area (Å²) in [5.41, 5.74) is 2.19. The molecule has 0 aliphatic rings. The van der Waals surface area contributed by atoms with Crippen LogP contribution in [-0.2, 0) is 6.42 Å². The SMILES string of the molecule is C=CCc1c(-c2cccc(OC)c2)cn[nH]c1=O. The second-order valence-electron chi connectivity index (χ2n) is 3.82. The van der Waals surface area contributed by atoms with Crippen LogP contribution < -0.4 is 10.3 Å². The summed E-state index contributed by atoms with van der Waals surface area (Å²) in [6.07, 6.45) is 3.85. The van der Waals surface area contributed by atoms with Crippen LogP contribution in [0.3, 0.4) is 0 Å². The zero-order valence-corrected chi connectivity index (χ0v) is 10.1. The van der Waals surface area contributed by atoms with E-state index in [0.29, 0.717) is 12.0 Å². The third-order valence-electron chi connectivity index (χ3n) is 2.69. The van der Waals surface area contributed by atoms with Crippen molar-refractivity contribution in [1.29, 1.82) is 0 Å². The van der Waals surface area contributed by atoms with E-state index in [2.05, 4.69) is 16.8 Å². The third kappa shape index (κ3) is 2.32. The minimum Gasteiger partial charge on any atom is -0.497 e. The van der Waals surface area contributed by atoms with E-state index in [-0.39, 0.29) is 5.56 Å². The highest BCUT2D eigenvalue weighted by Gasteiger charge is 2.09. The summed E-state index contributed by atoms with van der Waals surface area (Å²) in [6.45, 7) is 3.67. The Hall–Kier alpha value is -2.36. The lowest BCUT2D eigenvalue weighted by molar-refractivity contribution is 0.415. The highest BCUT2D eigenvalue weighted by atomic mass is 16.5. The summed E-state index contributed by atoms with van der Waals surface area (Å²) in [7, 11) is 1.61. The summed E-state index contributed by atoms with van der Waals surface area (Å²) >= 11 is 0. The molecule has 2 aromatic rings. The van der Waals surface area contributed by atoms with Crippen molar-refractivity contribution in [3.8, 4) is 16.9 Å². The van der Waals surface area contributed by atoms with E-state index in [9.17, 15) is 4.79 Å². The van der Waals surface area contributed by atoms with Gasteiger partial charge in [0.1, 0.15) is 5.75 Å². The molecule has 0 radical (unpaired) electrons. The number of ether oxygens (including phenoxy) is 1. The van der Waals surface area contributed by atoms with Gasteiger partial charge in [-0.1, -0.05) is 18.2 Å². The zero-order chi connectivity index (χ0) is 13.0. The number of nitrogens with one attached hydrogen (secondary N) is 1. The van der Waals surface area contributed by atoms with Gasteiger partial charge in [0.05, 0.1) is 13.3 Å². The third-order valence-corrected chi connectivity index (χ3v) is 2.69. The van der Waals surface area contributed by atoms with Crippen molar-refractivity contribution in [1.82, 2.24) is 10.2 Å². The number of benzene rings is 1. The number of aromatic amines is 1. The largest absolute Gasteiger partial charge is 0.497 e. The van der Waals surface area contributed by atoms with Gasteiger partial charge in [-0.2, -0.15) is 5.10 Å². The van der Waals surface area contributed by atoms with E-state index >= 15 is 0 Å². The first kappa shape index (κ1) is 12.1. The molecular formula is C14H14N2O2. The van der Waals surface area contributed by atoms with Gasteiger partial charge in [-0.3, -0.25) is 4.79 Å². The van der Waals surface area contributed by atoms with Crippen LogP contribution in [0.25, 0.3) is 11.1 Å². The van der Waals surface area contributed by atoms with E-state index in [1.54, 1.807) is 19.4 Å². The van der Waals surface area contributed by atoms with Crippen molar-refractivity contribution in [2.45, 2.75) is 6.42 Å². The molecular weight excluding hydrogens is 228 g/mol. The minimum atomic E-state index is -0.185. The lowest BCUT2D eigenvalue weighted by Gasteiger charge is -2.07.